The van der Waals surface area contributed by atoms with E-state index < -0.39 is 0 Å². The van der Waals surface area contributed by atoms with E-state index in [9.17, 15) is 0 Å². The monoisotopic (exact) mass is 413 g/mol. The lowest BCUT2D eigenvalue weighted by Gasteiger charge is -2.33. The maximum atomic E-state index is 3.64. The molecular weight excluding hydrogens is 398 g/mol. The summed E-state index contributed by atoms with van der Waals surface area (Å²) in [6, 6.07) is 11.5. The van der Waals surface area contributed by atoms with Crippen molar-refractivity contribution < 1.29 is 0 Å². The third-order valence-electron chi connectivity index (χ3n) is 3.94. The maximum Gasteiger partial charge on any atom is 0.0843 e. The Labute approximate surface area is 141 Å². The molecule has 0 saturated carbocycles. The Morgan fingerprint density at radius 2 is 2.15 bits per heavy atom. The molecular formula is C16H17Br2NS. The van der Waals surface area contributed by atoms with Gasteiger partial charge >= 0.3 is 0 Å². The van der Waals surface area contributed by atoms with Gasteiger partial charge in [-0.2, -0.15) is 0 Å². The summed E-state index contributed by atoms with van der Waals surface area (Å²) in [5.74, 6) is 0.704. The molecule has 1 aromatic heterocycles. The van der Waals surface area contributed by atoms with Gasteiger partial charge in [0, 0.05) is 15.4 Å². The molecule has 0 fully saturated rings. The zero-order chi connectivity index (χ0) is 14.1. The predicted octanol–water partition coefficient (Wildman–Crippen LogP) is 5.65. The summed E-state index contributed by atoms with van der Waals surface area (Å²) in [5, 5.41) is 3.64. The molecule has 106 valence electrons. The molecule has 1 heterocycles. The van der Waals surface area contributed by atoms with Gasteiger partial charge in [-0.15, -0.1) is 11.3 Å². The van der Waals surface area contributed by atoms with Gasteiger partial charge in [-0.1, -0.05) is 31.2 Å². The third-order valence-corrected chi connectivity index (χ3v) is 7.31. The molecule has 1 aromatic carbocycles. The minimum absolute atomic E-state index is 0.450. The van der Waals surface area contributed by atoms with Crippen molar-refractivity contribution in [2.75, 3.05) is 6.54 Å². The van der Waals surface area contributed by atoms with Gasteiger partial charge in [0.05, 0.1) is 3.79 Å². The lowest BCUT2D eigenvalue weighted by molar-refractivity contribution is 0.440. The predicted molar refractivity (Wildman–Crippen MR) is 93.6 cm³/mol. The van der Waals surface area contributed by atoms with Crippen molar-refractivity contribution in [2.24, 2.45) is 0 Å². The number of rotatable bonds is 5. The molecule has 0 amide bonds. The topological polar surface area (TPSA) is 12.0 Å². The molecule has 1 N–H and O–H groups in total. The lowest BCUT2D eigenvalue weighted by atomic mass is 9.74. The second kappa shape index (κ2) is 6.30. The van der Waals surface area contributed by atoms with Gasteiger partial charge in [0.2, 0.25) is 0 Å². The summed E-state index contributed by atoms with van der Waals surface area (Å²) in [5.41, 5.74) is 3.08. The van der Waals surface area contributed by atoms with Crippen molar-refractivity contribution in [3.63, 3.8) is 0 Å². The summed E-state index contributed by atoms with van der Waals surface area (Å²) in [4.78, 5) is 1.41. The highest BCUT2D eigenvalue weighted by molar-refractivity contribution is 9.13. The highest BCUT2D eigenvalue weighted by Crippen LogP contribution is 2.43. The van der Waals surface area contributed by atoms with Crippen LogP contribution in [0.2, 0.25) is 0 Å². The Balaban J connectivity index is 1.76. The Morgan fingerprint density at radius 3 is 2.80 bits per heavy atom. The van der Waals surface area contributed by atoms with Crippen LogP contribution in [0.25, 0.3) is 0 Å². The second-order valence-electron chi connectivity index (χ2n) is 5.22. The molecule has 0 aliphatic heterocycles. The molecule has 0 bridgehead atoms. The number of hydrogen-bond donors (Lipinski definition) is 1. The van der Waals surface area contributed by atoms with Gasteiger partial charge in [-0.05, 0) is 74.4 Å². The molecule has 2 atom stereocenters. The van der Waals surface area contributed by atoms with Crippen LogP contribution in [0.15, 0.2) is 38.6 Å². The fourth-order valence-electron chi connectivity index (χ4n) is 2.94. The SMILES string of the molecule is CCNC(CC1Cc2ccccc21)c1cc(Br)c(Br)s1. The second-order valence-corrected chi connectivity index (χ2v) is 8.47. The maximum absolute atomic E-state index is 3.64. The first-order valence-corrected chi connectivity index (χ1v) is 9.35. The Bertz CT molecular complexity index is 589. The molecule has 2 aromatic rings. The zero-order valence-corrected chi connectivity index (χ0v) is 15.3. The minimum Gasteiger partial charge on any atom is -0.310 e. The van der Waals surface area contributed by atoms with E-state index in [-0.39, 0.29) is 0 Å². The molecule has 1 aliphatic rings. The first-order chi connectivity index (χ1) is 9.69. The van der Waals surface area contributed by atoms with Crippen LogP contribution in [-0.2, 0) is 6.42 Å². The zero-order valence-electron chi connectivity index (χ0n) is 11.3. The number of thiophene rings is 1. The Morgan fingerprint density at radius 1 is 1.35 bits per heavy atom. The van der Waals surface area contributed by atoms with Crippen molar-refractivity contribution in [2.45, 2.75) is 31.7 Å². The highest BCUT2D eigenvalue weighted by atomic mass is 79.9. The summed E-state index contributed by atoms with van der Waals surface area (Å²) in [6.07, 6.45) is 2.41. The van der Waals surface area contributed by atoms with Crippen LogP contribution in [0.4, 0.5) is 0 Å². The average Bonchev–Trinajstić information content (AvgIpc) is 2.75. The molecule has 2 unspecified atom stereocenters. The molecule has 4 heteroatoms. The van der Waals surface area contributed by atoms with E-state index in [1.165, 1.54) is 27.1 Å². The smallest absolute Gasteiger partial charge is 0.0843 e. The van der Waals surface area contributed by atoms with Crippen molar-refractivity contribution in [1.29, 1.82) is 0 Å². The number of hydrogen-bond acceptors (Lipinski definition) is 2. The van der Waals surface area contributed by atoms with E-state index in [0.717, 1.165) is 11.0 Å². The first-order valence-electron chi connectivity index (χ1n) is 6.95. The number of halogens is 2. The molecule has 3 rings (SSSR count). The van der Waals surface area contributed by atoms with Crippen LogP contribution in [0.5, 0.6) is 0 Å². The Kier molecular flexibility index (Phi) is 4.65. The molecule has 1 nitrogen and oxygen atoms in total. The summed E-state index contributed by atoms with van der Waals surface area (Å²) in [7, 11) is 0. The van der Waals surface area contributed by atoms with E-state index in [2.05, 4.69) is 74.4 Å². The minimum atomic E-state index is 0.450. The summed E-state index contributed by atoms with van der Waals surface area (Å²) in [6.45, 7) is 3.19. The lowest BCUT2D eigenvalue weighted by Crippen LogP contribution is -2.26. The van der Waals surface area contributed by atoms with Gasteiger partial charge < -0.3 is 5.32 Å². The van der Waals surface area contributed by atoms with Gasteiger partial charge in [-0.3, -0.25) is 0 Å². The van der Waals surface area contributed by atoms with Crippen molar-refractivity contribution in [1.82, 2.24) is 5.32 Å². The molecule has 0 spiro atoms. The van der Waals surface area contributed by atoms with Crippen LogP contribution in [-0.4, -0.2) is 6.54 Å². The van der Waals surface area contributed by atoms with Crippen LogP contribution in [0, 0.1) is 0 Å². The fraction of sp³-hybridized carbons (Fsp3) is 0.375. The van der Waals surface area contributed by atoms with Gasteiger partial charge in [-0.25, -0.2) is 0 Å². The first kappa shape index (κ1) is 14.8. The van der Waals surface area contributed by atoms with Crippen LogP contribution >= 0.6 is 43.2 Å². The van der Waals surface area contributed by atoms with E-state index in [0.29, 0.717) is 12.0 Å². The molecule has 0 saturated heterocycles. The Hall–Kier alpha value is -0.160. The quantitative estimate of drug-likeness (QED) is 0.665. The summed E-state index contributed by atoms with van der Waals surface area (Å²) < 4.78 is 2.35. The number of nitrogens with one attached hydrogen (secondary N) is 1. The van der Waals surface area contributed by atoms with Crippen molar-refractivity contribution in [3.05, 3.63) is 54.6 Å². The number of benzene rings is 1. The van der Waals surface area contributed by atoms with Gasteiger partial charge in [0.1, 0.15) is 0 Å². The molecule has 1 aliphatic carbocycles. The average molecular weight is 415 g/mol. The van der Waals surface area contributed by atoms with Crippen LogP contribution < -0.4 is 5.32 Å². The fourth-order valence-corrected chi connectivity index (χ4v) is 5.12. The normalized spacial score (nSPS) is 18.4. The van der Waals surface area contributed by atoms with Gasteiger partial charge in [0.15, 0.2) is 0 Å². The van der Waals surface area contributed by atoms with E-state index in [1.807, 2.05) is 11.3 Å². The van der Waals surface area contributed by atoms with E-state index >= 15 is 0 Å². The third kappa shape index (κ3) is 2.89. The molecule has 20 heavy (non-hydrogen) atoms. The standard InChI is InChI=1S/C16H17Br2NS/c1-2-19-14(15-9-13(17)16(18)20-15)8-11-7-10-5-3-4-6-12(10)11/h3-6,9,11,14,19H,2,7-8H2,1H3. The van der Waals surface area contributed by atoms with E-state index in [4.69, 9.17) is 0 Å². The van der Waals surface area contributed by atoms with Crippen LogP contribution in [0.1, 0.15) is 41.3 Å². The van der Waals surface area contributed by atoms with Crippen molar-refractivity contribution >= 4 is 43.2 Å². The summed E-state index contributed by atoms with van der Waals surface area (Å²) >= 11 is 9.02. The van der Waals surface area contributed by atoms with Gasteiger partial charge in [0.25, 0.3) is 0 Å². The largest absolute Gasteiger partial charge is 0.310 e. The number of fused-ring (bicyclic) bond motifs is 1. The highest BCUT2D eigenvalue weighted by Gasteiger charge is 2.29. The van der Waals surface area contributed by atoms with Crippen molar-refractivity contribution in [3.8, 4) is 0 Å². The molecule has 0 radical (unpaired) electrons. The van der Waals surface area contributed by atoms with E-state index in [1.54, 1.807) is 5.56 Å². The van der Waals surface area contributed by atoms with Crippen LogP contribution in [0.3, 0.4) is 0 Å².